The van der Waals surface area contributed by atoms with Crippen LogP contribution < -0.4 is 5.32 Å². The van der Waals surface area contributed by atoms with Crippen molar-refractivity contribution < 1.29 is 4.79 Å². The lowest BCUT2D eigenvalue weighted by Crippen LogP contribution is -2.23. The van der Waals surface area contributed by atoms with Crippen LogP contribution in [0.5, 0.6) is 0 Å². The summed E-state index contributed by atoms with van der Waals surface area (Å²) in [5.41, 5.74) is 1.34. The van der Waals surface area contributed by atoms with E-state index in [0.717, 1.165) is 10.2 Å². The average Bonchev–Trinajstić information content (AvgIpc) is 2.40. The van der Waals surface area contributed by atoms with Crippen molar-refractivity contribution in [3.8, 4) is 0 Å². The van der Waals surface area contributed by atoms with E-state index in [2.05, 4.69) is 26.2 Å². The maximum Gasteiger partial charge on any atom is 0.251 e. The van der Waals surface area contributed by atoms with Crippen molar-refractivity contribution in [3.63, 3.8) is 0 Å². The number of hydrogen-bond donors (Lipinski definition) is 1. The zero-order valence-electron chi connectivity index (χ0n) is 9.36. The van der Waals surface area contributed by atoms with Crippen molar-refractivity contribution in [1.29, 1.82) is 0 Å². The minimum atomic E-state index is -0.171. The molecule has 3 nitrogen and oxygen atoms in total. The van der Waals surface area contributed by atoms with Crippen LogP contribution in [-0.2, 0) is 6.54 Å². The van der Waals surface area contributed by atoms with Crippen molar-refractivity contribution in [2.45, 2.75) is 6.54 Å². The third-order valence-corrected chi connectivity index (χ3v) is 3.57. The largest absolute Gasteiger partial charge is 0.346 e. The Kier molecular flexibility index (Phi) is 4.33. The second-order valence-corrected chi connectivity index (χ2v) is 4.89. The Morgan fingerprint density at radius 2 is 2.17 bits per heavy atom. The van der Waals surface area contributed by atoms with Gasteiger partial charge in [0.1, 0.15) is 0 Å². The van der Waals surface area contributed by atoms with Gasteiger partial charge in [-0.15, -0.1) is 0 Å². The summed E-state index contributed by atoms with van der Waals surface area (Å²) in [6.45, 7) is 0.396. The maximum atomic E-state index is 11.9. The summed E-state index contributed by atoms with van der Waals surface area (Å²) in [7, 11) is 0. The van der Waals surface area contributed by atoms with E-state index in [1.54, 1.807) is 24.4 Å². The lowest BCUT2D eigenvalue weighted by Gasteiger charge is -2.05. The predicted octanol–water partition coefficient (Wildman–Crippen LogP) is 3.43. The van der Waals surface area contributed by atoms with Crippen LogP contribution in [0.2, 0.25) is 5.02 Å². The zero-order valence-corrected chi connectivity index (χ0v) is 11.7. The predicted molar refractivity (Wildman–Crippen MR) is 74.6 cm³/mol. The second kappa shape index (κ2) is 5.98. The third kappa shape index (κ3) is 3.31. The van der Waals surface area contributed by atoms with Gasteiger partial charge in [0.2, 0.25) is 0 Å². The summed E-state index contributed by atoms with van der Waals surface area (Å²) in [4.78, 5) is 16.0. The van der Waals surface area contributed by atoms with Crippen molar-refractivity contribution in [2.75, 3.05) is 0 Å². The molecule has 0 spiro atoms. The van der Waals surface area contributed by atoms with E-state index >= 15 is 0 Å². The molecular formula is C13H10BrClN2O. The minimum Gasteiger partial charge on any atom is -0.346 e. The molecule has 92 valence electrons. The molecule has 0 aliphatic rings. The smallest absolute Gasteiger partial charge is 0.251 e. The molecule has 0 saturated heterocycles. The lowest BCUT2D eigenvalue weighted by molar-refractivity contribution is 0.0950. The number of benzene rings is 1. The van der Waals surface area contributed by atoms with E-state index < -0.39 is 0 Å². The molecule has 5 heteroatoms. The number of pyridine rings is 1. The molecule has 0 unspecified atom stereocenters. The zero-order chi connectivity index (χ0) is 13.0. The normalized spacial score (nSPS) is 10.1. The van der Waals surface area contributed by atoms with E-state index in [1.807, 2.05) is 18.2 Å². The van der Waals surface area contributed by atoms with Crippen LogP contribution in [0.4, 0.5) is 0 Å². The number of rotatable bonds is 3. The van der Waals surface area contributed by atoms with Crippen LogP contribution in [0.3, 0.4) is 0 Å². The van der Waals surface area contributed by atoms with E-state index in [4.69, 9.17) is 11.6 Å². The molecule has 1 N–H and O–H groups in total. The standard InChI is InChI=1S/C13H10BrClN2O/c14-11-5-4-9(7-12(11)15)13(18)17-8-10-3-1-2-6-16-10/h1-7H,8H2,(H,17,18). The van der Waals surface area contributed by atoms with Gasteiger partial charge < -0.3 is 5.32 Å². The number of amides is 1. The number of carbonyl (C=O) groups is 1. The number of aromatic nitrogens is 1. The molecule has 0 fully saturated rings. The quantitative estimate of drug-likeness (QED) is 0.939. The second-order valence-electron chi connectivity index (χ2n) is 3.63. The first-order valence-electron chi connectivity index (χ1n) is 5.30. The Morgan fingerprint density at radius 3 is 2.83 bits per heavy atom. The molecule has 1 aromatic heterocycles. The van der Waals surface area contributed by atoms with Crippen LogP contribution in [0.15, 0.2) is 47.1 Å². The molecule has 1 heterocycles. The highest BCUT2D eigenvalue weighted by atomic mass is 79.9. The summed E-state index contributed by atoms with van der Waals surface area (Å²) in [5.74, 6) is -0.171. The van der Waals surface area contributed by atoms with Crippen LogP contribution >= 0.6 is 27.5 Å². The fourth-order valence-electron chi connectivity index (χ4n) is 1.41. The number of carbonyl (C=O) groups excluding carboxylic acids is 1. The average molecular weight is 326 g/mol. The molecule has 0 aliphatic carbocycles. The summed E-state index contributed by atoms with van der Waals surface area (Å²) in [6, 6.07) is 10.7. The highest BCUT2D eigenvalue weighted by Gasteiger charge is 2.07. The van der Waals surface area contributed by atoms with Gasteiger partial charge in [-0.1, -0.05) is 17.7 Å². The van der Waals surface area contributed by atoms with Gasteiger partial charge in [-0.3, -0.25) is 9.78 Å². The number of halogens is 2. The monoisotopic (exact) mass is 324 g/mol. The summed E-state index contributed by atoms with van der Waals surface area (Å²) < 4.78 is 0.769. The first-order valence-corrected chi connectivity index (χ1v) is 6.47. The fourth-order valence-corrected chi connectivity index (χ4v) is 1.84. The third-order valence-electron chi connectivity index (χ3n) is 2.34. The molecule has 1 aromatic carbocycles. The summed E-state index contributed by atoms with van der Waals surface area (Å²) in [5, 5.41) is 3.30. The Balaban J connectivity index is 2.02. The summed E-state index contributed by atoms with van der Waals surface area (Å²) in [6.07, 6.45) is 1.69. The van der Waals surface area contributed by atoms with Gasteiger partial charge in [-0.25, -0.2) is 0 Å². The van der Waals surface area contributed by atoms with E-state index in [0.29, 0.717) is 17.1 Å². The molecule has 18 heavy (non-hydrogen) atoms. The highest BCUT2D eigenvalue weighted by Crippen LogP contribution is 2.23. The number of hydrogen-bond acceptors (Lipinski definition) is 2. The Morgan fingerprint density at radius 1 is 1.33 bits per heavy atom. The van der Waals surface area contributed by atoms with Crippen LogP contribution in [0.1, 0.15) is 16.1 Å². The molecule has 2 rings (SSSR count). The van der Waals surface area contributed by atoms with Gasteiger partial charge in [0, 0.05) is 16.2 Å². The van der Waals surface area contributed by atoms with Crippen molar-refractivity contribution >= 4 is 33.4 Å². The van der Waals surface area contributed by atoms with Gasteiger partial charge in [0.25, 0.3) is 5.91 Å². The van der Waals surface area contributed by atoms with Gasteiger partial charge >= 0.3 is 0 Å². The van der Waals surface area contributed by atoms with Crippen molar-refractivity contribution in [1.82, 2.24) is 10.3 Å². The van der Waals surface area contributed by atoms with E-state index in [9.17, 15) is 4.79 Å². The fraction of sp³-hybridized carbons (Fsp3) is 0.0769. The topological polar surface area (TPSA) is 42.0 Å². The van der Waals surface area contributed by atoms with Crippen LogP contribution in [0.25, 0.3) is 0 Å². The SMILES string of the molecule is O=C(NCc1ccccn1)c1ccc(Br)c(Cl)c1. The van der Waals surface area contributed by atoms with E-state index in [-0.39, 0.29) is 5.91 Å². The van der Waals surface area contributed by atoms with Gasteiger partial charge in [0.05, 0.1) is 17.3 Å². The Hall–Kier alpha value is -1.39. The van der Waals surface area contributed by atoms with Crippen molar-refractivity contribution in [3.05, 3.63) is 63.3 Å². The first-order chi connectivity index (χ1) is 8.66. The molecule has 1 amide bonds. The van der Waals surface area contributed by atoms with E-state index in [1.165, 1.54) is 0 Å². The molecule has 0 atom stereocenters. The van der Waals surface area contributed by atoms with Crippen LogP contribution in [0, 0.1) is 0 Å². The number of nitrogens with zero attached hydrogens (tertiary/aromatic N) is 1. The van der Waals surface area contributed by atoms with Gasteiger partial charge in [-0.2, -0.15) is 0 Å². The molecule has 0 aliphatic heterocycles. The molecule has 0 radical (unpaired) electrons. The Bertz CT molecular complexity index is 560. The Labute approximate surface area is 118 Å². The number of nitrogens with one attached hydrogen (secondary N) is 1. The summed E-state index contributed by atoms with van der Waals surface area (Å²) >= 11 is 9.22. The molecular weight excluding hydrogens is 316 g/mol. The molecule has 0 saturated carbocycles. The molecule has 2 aromatic rings. The molecule has 0 bridgehead atoms. The van der Waals surface area contributed by atoms with Gasteiger partial charge in [0.15, 0.2) is 0 Å². The van der Waals surface area contributed by atoms with Crippen LogP contribution in [-0.4, -0.2) is 10.9 Å². The van der Waals surface area contributed by atoms with Gasteiger partial charge in [-0.05, 0) is 46.3 Å². The van der Waals surface area contributed by atoms with Crippen molar-refractivity contribution in [2.24, 2.45) is 0 Å². The minimum absolute atomic E-state index is 0.171. The lowest BCUT2D eigenvalue weighted by atomic mass is 10.2. The highest BCUT2D eigenvalue weighted by molar-refractivity contribution is 9.10. The maximum absolute atomic E-state index is 11.9. The first kappa shape index (κ1) is 13.1.